The van der Waals surface area contributed by atoms with Gasteiger partial charge in [-0.1, -0.05) is 35.5 Å². The topological polar surface area (TPSA) is 49.7 Å². The van der Waals surface area contributed by atoms with Gasteiger partial charge in [0.2, 0.25) is 0 Å². The van der Waals surface area contributed by atoms with E-state index in [1.807, 2.05) is 18.2 Å². The molecule has 0 aliphatic carbocycles. The monoisotopic (exact) mass is 165 g/mol. The van der Waals surface area contributed by atoms with E-state index in [9.17, 15) is 10.0 Å². The first-order chi connectivity index (χ1) is 5.75. The summed E-state index contributed by atoms with van der Waals surface area (Å²) in [4.78, 5) is 10.1. The molecule has 2 atom stereocenters. The van der Waals surface area contributed by atoms with Crippen molar-refractivity contribution in [1.82, 2.24) is 0 Å². The van der Waals surface area contributed by atoms with Crippen LogP contribution in [0.25, 0.3) is 0 Å². The molecule has 0 saturated heterocycles. The van der Waals surface area contributed by atoms with Crippen LogP contribution in [0.1, 0.15) is 18.6 Å². The van der Waals surface area contributed by atoms with Crippen LogP contribution in [0.15, 0.2) is 35.5 Å². The van der Waals surface area contributed by atoms with Gasteiger partial charge in [-0.2, -0.15) is 4.91 Å². The van der Waals surface area contributed by atoms with Crippen molar-refractivity contribution < 1.29 is 5.11 Å². The summed E-state index contributed by atoms with van der Waals surface area (Å²) in [6.45, 7) is 1.59. The van der Waals surface area contributed by atoms with Gasteiger partial charge in [0, 0.05) is 0 Å². The lowest BCUT2D eigenvalue weighted by atomic mass is 10.0. The molecule has 0 aliphatic heterocycles. The van der Waals surface area contributed by atoms with Gasteiger partial charge in [-0.25, -0.2) is 0 Å². The van der Waals surface area contributed by atoms with E-state index in [1.54, 1.807) is 19.1 Å². The van der Waals surface area contributed by atoms with Gasteiger partial charge in [0.1, 0.15) is 12.1 Å². The number of nitroso groups, excluding NO2 is 1. The molecule has 1 aromatic carbocycles. The van der Waals surface area contributed by atoms with Crippen LogP contribution in [0.3, 0.4) is 0 Å². The molecule has 12 heavy (non-hydrogen) atoms. The molecule has 1 aromatic rings. The Bertz CT molecular complexity index is 248. The number of nitrogens with zero attached hydrogens (tertiary/aromatic N) is 1. The van der Waals surface area contributed by atoms with Gasteiger partial charge >= 0.3 is 0 Å². The van der Waals surface area contributed by atoms with Gasteiger partial charge < -0.3 is 5.11 Å². The highest BCUT2D eigenvalue weighted by Crippen LogP contribution is 2.17. The molecule has 3 heteroatoms. The molecule has 3 nitrogen and oxygen atoms in total. The van der Waals surface area contributed by atoms with Crippen LogP contribution in [0, 0.1) is 4.91 Å². The van der Waals surface area contributed by atoms with Crippen molar-refractivity contribution in [3.63, 3.8) is 0 Å². The molecule has 0 spiro atoms. The van der Waals surface area contributed by atoms with Crippen LogP contribution >= 0.6 is 0 Å². The minimum absolute atomic E-state index is 0.590. The van der Waals surface area contributed by atoms with E-state index in [2.05, 4.69) is 5.18 Å². The van der Waals surface area contributed by atoms with Gasteiger partial charge in [0.15, 0.2) is 0 Å². The molecule has 0 amide bonds. The van der Waals surface area contributed by atoms with Gasteiger partial charge in [0.05, 0.1) is 0 Å². The number of aliphatic hydroxyl groups excluding tert-OH is 1. The average Bonchev–Trinajstić information content (AvgIpc) is 2.17. The van der Waals surface area contributed by atoms with Crippen LogP contribution in [-0.2, 0) is 0 Å². The van der Waals surface area contributed by atoms with Crippen molar-refractivity contribution in [2.24, 2.45) is 5.18 Å². The molecule has 1 rings (SSSR count). The third kappa shape index (κ3) is 1.89. The lowest BCUT2D eigenvalue weighted by Gasteiger charge is -2.11. The van der Waals surface area contributed by atoms with Gasteiger partial charge in [-0.3, -0.25) is 0 Å². The zero-order chi connectivity index (χ0) is 8.97. The Morgan fingerprint density at radius 3 is 2.42 bits per heavy atom. The summed E-state index contributed by atoms with van der Waals surface area (Å²) in [5, 5.41) is 12.3. The van der Waals surface area contributed by atoms with E-state index in [0.29, 0.717) is 0 Å². The van der Waals surface area contributed by atoms with Gasteiger partial charge in [0.25, 0.3) is 0 Å². The lowest BCUT2D eigenvalue weighted by molar-refractivity contribution is 0.153. The standard InChI is InChI=1S/C9H11NO2/c1-7(10-12)9(11)8-5-3-2-4-6-8/h2-7,9,11H,1H3. The van der Waals surface area contributed by atoms with Crippen molar-refractivity contribution in [3.05, 3.63) is 40.8 Å². The Morgan fingerprint density at radius 1 is 1.33 bits per heavy atom. The van der Waals surface area contributed by atoms with Crippen molar-refractivity contribution in [2.75, 3.05) is 0 Å². The van der Waals surface area contributed by atoms with Gasteiger partial charge in [-0.05, 0) is 12.5 Å². The lowest BCUT2D eigenvalue weighted by Crippen LogP contribution is -2.11. The maximum absolute atomic E-state index is 10.1. The van der Waals surface area contributed by atoms with Crippen molar-refractivity contribution in [1.29, 1.82) is 0 Å². The molecule has 0 fully saturated rings. The molecule has 1 N–H and O–H groups in total. The average molecular weight is 165 g/mol. The molecule has 0 aromatic heterocycles. The smallest absolute Gasteiger partial charge is 0.119 e. The van der Waals surface area contributed by atoms with E-state index < -0.39 is 12.1 Å². The van der Waals surface area contributed by atoms with Crippen LogP contribution in [0.4, 0.5) is 0 Å². The molecule has 64 valence electrons. The van der Waals surface area contributed by atoms with E-state index >= 15 is 0 Å². The predicted molar refractivity (Wildman–Crippen MR) is 46.7 cm³/mol. The second-order valence-electron chi connectivity index (χ2n) is 2.70. The van der Waals surface area contributed by atoms with Gasteiger partial charge in [-0.15, -0.1) is 0 Å². The Labute approximate surface area is 71.0 Å². The number of aliphatic hydroxyl groups is 1. The van der Waals surface area contributed by atoms with Crippen molar-refractivity contribution in [3.8, 4) is 0 Å². The molecule has 0 bridgehead atoms. The zero-order valence-corrected chi connectivity index (χ0v) is 6.84. The summed E-state index contributed by atoms with van der Waals surface area (Å²) < 4.78 is 0. The number of rotatable bonds is 3. The Balaban J connectivity index is 2.78. The number of hydrogen-bond acceptors (Lipinski definition) is 3. The van der Waals surface area contributed by atoms with E-state index in [1.165, 1.54) is 0 Å². The molecule has 0 radical (unpaired) electrons. The fraction of sp³-hybridized carbons (Fsp3) is 0.333. The maximum Gasteiger partial charge on any atom is 0.119 e. The zero-order valence-electron chi connectivity index (χ0n) is 6.84. The first-order valence-electron chi connectivity index (χ1n) is 3.81. The Morgan fingerprint density at radius 2 is 1.92 bits per heavy atom. The molecular weight excluding hydrogens is 154 g/mol. The fourth-order valence-corrected chi connectivity index (χ4v) is 0.986. The third-order valence-electron chi connectivity index (χ3n) is 1.76. The highest BCUT2D eigenvalue weighted by molar-refractivity contribution is 5.18. The van der Waals surface area contributed by atoms with E-state index in [4.69, 9.17) is 0 Å². The summed E-state index contributed by atoms with van der Waals surface area (Å²) in [6, 6.07) is 8.44. The molecule has 0 heterocycles. The SMILES string of the molecule is CC(N=O)C(O)c1ccccc1. The van der Waals surface area contributed by atoms with Crippen molar-refractivity contribution in [2.45, 2.75) is 19.1 Å². The molecule has 2 unspecified atom stereocenters. The molecule has 0 saturated carbocycles. The van der Waals surface area contributed by atoms with Crippen molar-refractivity contribution >= 4 is 0 Å². The Hall–Kier alpha value is -1.22. The Kier molecular flexibility index (Phi) is 2.94. The third-order valence-corrected chi connectivity index (χ3v) is 1.76. The summed E-state index contributed by atoms with van der Waals surface area (Å²) in [6.07, 6.45) is -0.788. The van der Waals surface area contributed by atoms with E-state index in [-0.39, 0.29) is 0 Å². The summed E-state index contributed by atoms with van der Waals surface area (Å²) in [5.74, 6) is 0. The second kappa shape index (κ2) is 3.97. The highest BCUT2D eigenvalue weighted by atomic mass is 16.3. The number of benzene rings is 1. The van der Waals surface area contributed by atoms with Crippen LogP contribution in [0.2, 0.25) is 0 Å². The van der Waals surface area contributed by atoms with Crippen LogP contribution in [0.5, 0.6) is 0 Å². The largest absolute Gasteiger partial charge is 0.386 e. The fourth-order valence-electron chi connectivity index (χ4n) is 0.986. The minimum atomic E-state index is -0.788. The minimum Gasteiger partial charge on any atom is -0.386 e. The first kappa shape index (κ1) is 8.87. The summed E-state index contributed by atoms with van der Waals surface area (Å²) >= 11 is 0. The molecular formula is C9H11NO2. The summed E-state index contributed by atoms with van der Waals surface area (Å²) in [7, 11) is 0. The van der Waals surface area contributed by atoms with Crippen LogP contribution < -0.4 is 0 Å². The van der Waals surface area contributed by atoms with E-state index in [0.717, 1.165) is 5.56 Å². The second-order valence-corrected chi connectivity index (χ2v) is 2.70. The first-order valence-corrected chi connectivity index (χ1v) is 3.81. The molecule has 0 aliphatic rings. The predicted octanol–water partition coefficient (Wildman–Crippen LogP) is 1.87. The normalized spacial score (nSPS) is 15.2. The maximum atomic E-state index is 10.1. The highest BCUT2D eigenvalue weighted by Gasteiger charge is 2.15. The quantitative estimate of drug-likeness (QED) is 0.695. The van der Waals surface area contributed by atoms with Crippen LogP contribution in [-0.4, -0.2) is 11.1 Å². The number of hydrogen-bond donors (Lipinski definition) is 1. The summed E-state index contributed by atoms with van der Waals surface area (Å²) in [5.41, 5.74) is 0.726.